The molecule has 0 radical (unpaired) electrons. The summed E-state index contributed by atoms with van der Waals surface area (Å²) < 4.78 is 4.95. The molecule has 13 heavy (non-hydrogen) atoms. The minimum atomic E-state index is -0.296. The van der Waals surface area contributed by atoms with Crippen molar-refractivity contribution in [3.8, 4) is 0 Å². The summed E-state index contributed by atoms with van der Waals surface area (Å²) >= 11 is 0. The van der Waals surface area contributed by atoms with E-state index in [-0.39, 0.29) is 11.5 Å². The van der Waals surface area contributed by atoms with Gasteiger partial charge in [-0.25, -0.2) is 0 Å². The van der Waals surface area contributed by atoms with Gasteiger partial charge in [0.15, 0.2) is 0 Å². The minimum absolute atomic E-state index is 0.0166. The zero-order valence-electron chi connectivity index (χ0n) is 8.58. The van der Waals surface area contributed by atoms with Gasteiger partial charge < -0.3 is 9.52 Å². The number of hydrogen-bond acceptors (Lipinski definition) is 2. The normalized spacial score (nSPS) is 14.5. The molecule has 0 fully saturated rings. The van der Waals surface area contributed by atoms with E-state index in [9.17, 15) is 5.11 Å². The lowest BCUT2D eigenvalue weighted by molar-refractivity contribution is 0.0478. The van der Waals surface area contributed by atoms with Crippen LogP contribution in [0.5, 0.6) is 0 Å². The highest BCUT2D eigenvalue weighted by molar-refractivity contribution is 5.07. The van der Waals surface area contributed by atoms with Crippen LogP contribution in [0.25, 0.3) is 0 Å². The molecule has 2 heteroatoms. The molecule has 0 spiro atoms. The average Bonchev–Trinajstić information content (AvgIpc) is 2.57. The zero-order valence-corrected chi connectivity index (χ0v) is 8.58. The standard InChI is InChI=1S/C11H18O2/c1-4-11(2,3)10(12)7-9-5-6-13-8-9/h5-6,8,10,12H,4,7H2,1-3H3. The van der Waals surface area contributed by atoms with E-state index in [0.29, 0.717) is 6.42 Å². The molecular formula is C11H18O2. The maximum Gasteiger partial charge on any atom is 0.0935 e. The molecule has 1 N–H and O–H groups in total. The van der Waals surface area contributed by atoms with Gasteiger partial charge in [0.05, 0.1) is 18.6 Å². The minimum Gasteiger partial charge on any atom is -0.472 e. The van der Waals surface area contributed by atoms with Gasteiger partial charge in [0.2, 0.25) is 0 Å². The molecule has 1 unspecified atom stereocenters. The van der Waals surface area contributed by atoms with E-state index in [1.54, 1.807) is 12.5 Å². The summed E-state index contributed by atoms with van der Waals surface area (Å²) in [4.78, 5) is 0. The quantitative estimate of drug-likeness (QED) is 0.776. The van der Waals surface area contributed by atoms with Crippen molar-refractivity contribution in [2.75, 3.05) is 0 Å². The average molecular weight is 182 g/mol. The van der Waals surface area contributed by atoms with Crippen molar-refractivity contribution in [2.45, 2.75) is 39.7 Å². The van der Waals surface area contributed by atoms with Gasteiger partial charge in [0, 0.05) is 6.42 Å². The molecule has 1 atom stereocenters. The molecule has 0 aliphatic carbocycles. The highest BCUT2D eigenvalue weighted by atomic mass is 16.3. The van der Waals surface area contributed by atoms with Crippen LogP contribution in [0, 0.1) is 5.41 Å². The Morgan fingerprint density at radius 2 is 2.23 bits per heavy atom. The highest BCUT2D eigenvalue weighted by Gasteiger charge is 2.25. The summed E-state index contributed by atoms with van der Waals surface area (Å²) in [6.07, 6.45) is 4.69. The fourth-order valence-corrected chi connectivity index (χ4v) is 1.14. The smallest absolute Gasteiger partial charge is 0.0935 e. The fraction of sp³-hybridized carbons (Fsp3) is 0.636. The first-order chi connectivity index (χ1) is 6.06. The van der Waals surface area contributed by atoms with Crippen LogP contribution in [0.3, 0.4) is 0 Å². The molecule has 0 saturated carbocycles. The first-order valence-electron chi connectivity index (χ1n) is 4.75. The molecule has 1 rings (SSSR count). The predicted octanol–water partition coefficient (Wildman–Crippen LogP) is 2.62. The molecule has 1 heterocycles. The number of furan rings is 1. The first-order valence-corrected chi connectivity index (χ1v) is 4.75. The topological polar surface area (TPSA) is 33.4 Å². The maximum atomic E-state index is 9.91. The molecular weight excluding hydrogens is 164 g/mol. The van der Waals surface area contributed by atoms with Crippen LogP contribution < -0.4 is 0 Å². The van der Waals surface area contributed by atoms with Crippen LogP contribution in [0.2, 0.25) is 0 Å². The number of aliphatic hydroxyl groups is 1. The van der Waals surface area contributed by atoms with Crippen LogP contribution in [0.4, 0.5) is 0 Å². The van der Waals surface area contributed by atoms with E-state index in [1.807, 2.05) is 6.07 Å². The van der Waals surface area contributed by atoms with E-state index in [2.05, 4.69) is 20.8 Å². The Balaban J connectivity index is 2.55. The van der Waals surface area contributed by atoms with Gasteiger partial charge in [0.1, 0.15) is 0 Å². The van der Waals surface area contributed by atoms with Gasteiger partial charge in [-0.05, 0) is 23.5 Å². The van der Waals surface area contributed by atoms with Crippen molar-refractivity contribution >= 4 is 0 Å². The lowest BCUT2D eigenvalue weighted by Gasteiger charge is -2.28. The Hall–Kier alpha value is -0.760. The Morgan fingerprint density at radius 3 is 2.69 bits per heavy atom. The molecule has 0 amide bonds. The highest BCUT2D eigenvalue weighted by Crippen LogP contribution is 2.27. The largest absolute Gasteiger partial charge is 0.472 e. The second-order valence-electron chi connectivity index (χ2n) is 4.19. The molecule has 2 nitrogen and oxygen atoms in total. The van der Waals surface area contributed by atoms with Gasteiger partial charge in [-0.3, -0.25) is 0 Å². The van der Waals surface area contributed by atoms with Crippen molar-refractivity contribution in [3.63, 3.8) is 0 Å². The molecule has 74 valence electrons. The predicted molar refractivity (Wildman–Crippen MR) is 52.5 cm³/mol. The first kappa shape index (κ1) is 10.3. The lowest BCUT2D eigenvalue weighted by Crippen LogP contribution is -2.30. The summed E-state index contributed by atoms with van der Waals surface area (Å²) in [7, 11) is 0. The van der Waals surface area contributed by atoms with Gasteiger partial charge >= 0.3 is 0 Å². The third-order valence-corrected chi connectivity index (χ3v) is 2.82. The van der Waals surface area contributed by atoms with Crippen molar-refractivity contribution in [1.29, 1.82) is 0 Å². The maximum absolute atomic E-state index is 9.91. The van der Waals surface area contributed by atoms with Crippen molar-refractivity contribution in [1.82, 2.24) is 0 Å². The van der Waals surface area contributed by atoms with Gasteiger partial charge in [0.25, 0.3) is 0 Å². The molecule has 1 aromatic rings. The third-order valence-electron chi connectivity index (χ3n) is 2.82. The fourth-order valence-electron chi connectivity index (χ4n) is 1.14. The molecule has 0 aliphatic rings. The Morgan fingerprint density at radius 1 is 1.54 bits per heavy atom. The van der Waals surface area contributed by atoms with Crippen molar-refractivity contribution in [2.24, 2.45) is 5.41 Å². The Kier molecular flexibility index (Phi) is 3.15. The van der Waals surface area contributed by atoms with Crippen molar-refractivity contribution < 1.29 is 9.52 Å². The Bertz CT molecular complexity index is 237. The second-order valence-corrected chi connectivity index (χ2v) is 4.19. The van der Waals surface area contributed by atoms with E-state index in [0.717, 1.165) is 12.0 Å². The summed E-state index contributed by atoms with van der Waals surface area (Å²) in [5, 5.41) is 9.91. The van der Waals surface area contributed by atoms with Gasteiger partial charge in [-0.15, -0.1) is 0 Å². The lowest BCUT2D eigenvalue weighted by atomic mass is 9.81. The molecule has 0 aliphatic heterocycles. The SMILES string of the molecule is CCC(C)(C)C(O)Cc1ccoc1. The molecule has 0 bridgehead atoms. The zero-order chi connectivity index (χ0) is 9.90. The summed E-state index contributed by atoms with van der Waals surface area (Å²) in [5.74, 6) is 0. The monoisotopic (exact) mass is 182 g/mol. The van der Waals surface area contributed by atoms with Crippen LogP contribution in [0.15, 0.2) is 23.0 Å². The third kappa shape index (κ3) is 2.59. The summed E-state index contributed by atoms with van der Waals surface area (Å²) in [5.41, 5.74) is 1.05. The van der Waals surface area contributed by atoms with Crippen LogP contribution in [-0.2, 0) is 6.42 Å². The number of hydrogen-bond donors (Lipinski definition) is 1. The number of aliphatic hydroxyl groups excluding tert-OH is 1. The molecule has 0 aromatic carbocycles. The van der Waals surface area contributed by atoms with E-state index in [1.165, 1.54) is 0 Å². The Labute approximate surface area is 79.6 Å². The summed E-state index contributed by atoms with van der Waals surface area (Å²) in [6.45, 7) is 6.26. The van der Waals surface area contributed by atoms with E-state index < -0.39 is 0 Å². The summed E-state index contributed by atoms with van der Waals surface area (Å²) in [6, 6.07) is 1.90. The van der Waals surface area contributed by atoms with Crippen LogP contribution in [-0.4, -0.2) is 11.2 Å². The van der Waals surface area contributed by atoms with E-state index >= 15 is 0 Å². The second kappa shape index (κ2) is 3.97. The molecule has 1 aromatic heterocycles. The van der Waals surface area contributed by atoms with Gasteiger partial charge in [-0.2, -0.15) is 0 Å². The van der Waals surface area contributed by atoms with E-state index in [4.69, 9.17) is 4.42 Å². The van der Waals surface area contributed by atoms with Crippen molar-refractivity contribution in [3.05, 3.63) is 24.2 Å². The molecule has 0 saturated heterocycles. The van der Waals surface area contributed by atoms with Crippen LogP contribution in [0.1, 0.15) is 32.8 Å². The number of rotatable bonds is 4. The van der Waals surface area contributed by atoms with Gasteiger partial charge in [-0.1, -0.05) is 20.8 Å². The van der Waals surface area contributed by atoms with Crippen LogP contribution >= 0.6 is 0 Å².